The molecule has 1 rings (SSSR count). The third kappa shape index (κ3) is 6.07. The molecule has 0 aliphatic heterocycles. The van der Waals surface area contributed by atoms with Crippen molar-refractivity contribution >= 4 is 17.4 Å². The number of urea groups is 1. The van der Waals surface area contributed by atoms with Crippen LogP contribution in [0.1, 0.15) is 31.2 Å². The summed E-state index contributed by atoms with van der Waals surface area (Å²) >= 11 is 1.72. The van der Waals surface area contributed by atoms with Crippen LogP contribution in [0.15, 0.2) is 17.5 Å². The molecule has 0 bridgehead atoms. The summed E-state index contributed by atoms with van der Waals surface area (Å²) in [6, 6.07) is 4.30. The number of hydrogen-bond donors (Lipinski definition) is 2. The Hall–Kier alpha value is -1.07. The van der Waals surface area contributed by atoms with E-state index >= 15 is 0 Å². The number of rotatable bonds is 7. The molecular weight excluding hydrogens is 258 g/mol. The molecule has 0 aliphatic rings. The van der Waals surface area contributed by atoms with E-state index in [2.05, 4.69) is 40.8 Å². The van der Waals surface area contributed by atoms with Crippen LogP contribution in [0, 0.1) is 5.92 Å². The van der Waals surface area contributed by atoms with Crippen LogP contribution < -0.4 is 10.6 Å². The first-order valence-corrected chi connectivity index (χ1v) is 7.60. The van der Waals surface area contributed by atoms with Gasteiger partial charge in [-0.3, -0.25) is 0 Å². The van der Waals surface area contributed by atoms with Gasteiger partial charge in [-0.15, -0.1) is 11.3 Å². The Morgan fingerprint density at radius 3 is 2.63 bits per heavy atom. The molecule has 1 unspecified atom stereocenters. The van der Waals surface area contributed by atoms with Crippen molar-refractivity contribution < 1.29 is 4.79 Å². The molecule has 1 aromatic heterocycles. The van der Waals surface area contributed by atoms with Gasteiger partial charge < -0.3 is 15.5 Å². The van der Waals surface area contributed by atoms with E-state index in [9.17, 15) is 4.79 Å². The van der Waals surface area contributed by atoms with Crippen molar-refractivity contribution in [3.05, 3.63) is 22.4 Å². The topological polar surface area (TPSA) is 44.4 Å². The molecule has 2 N–H and O–H groups in total. The number of nitrogens with zero attached hydrogens (tertiary/aromatic N) is 1. The number of thiophene rings is 1. The number of carbonyl (C=O) groups excluding carboxylic acids is 1. The fourth-order valence-electron chi connectivity index (χ4n) is 1.74. The molecule has 2 amide bonds. The Kier molecular flexibility index (Phi) is 6.87. The number of nitrogens with one attached hydrogen (secondary N) is 2. The van der Waals surface area contributed by atoms with Gasteiger partial charge in [0, 0.05) is 18.0 Å². The number of amides is 2. The van der Waals surface area contributed by atoms with Crippen molar-refractivity contribution in [3.63, 3.8) is 0 Å². The highest BCUT2D eigenvalue weighted by atomic mass is 32.1. The molecule has 1 atom stereocenters. The fourth-order valence-corrected chi connectivity index (χ4v) is 2.67. The second kappa shape index (κ2) is 8.17. The molecule has 0 aliphatic carbocycles. The Morgan fingerprint density at radius 1 is 1.37 bits per heavy atom. The zero-order valence-corrected chi connectivity index (χ0v) is 13.1. The largest absolute Gasteiger partial charge is 0.338 e. The molecule has 1 heterocycles. The van der Waals surface area contributed by atoms with E-state index in [1.54, 1.807) is 11.3 Å². The van der Waals surface area contributed by atoms with Crippen molar-refractivity contribution in [3.8, 4) is 0 Å². The molecular formula is C14H25N3OS. The van der Waals surface area contributed by atoms with Gasteiger partial charge in [-0.2, -0.15) is 0 Å². The highest BCUT2D eigenvalue weighted by Gasteiger charge is 2.15. The van der Waals surface area contributed by atoms with Crippen molar-refractivity contribution in [2.24, 2.45) is 5.92 Å². The summed E-state index contributed by atoms with van der Waals surface area (Å²) in [4.78, 5) is 15.1. The van der Waals surface area contributed by atoms with Crippen LogP contribution in [-0.2, 0) is 0 Å². The first kappa shape index (κ1) is 16.0. The van der Waals surface area contributed by atoms with Crippen LogP contribution in [0.3, 0.4) is 0 Å². The molecule has 4 nitrogen and oxygen atoms in total. The van der Waals surface area contributed by atoms with Gasteiger partial charge in [-0.1, -0.05) is 19.9 Å². The van der Waals surface area contributed by atoms with E-state index < -0.39 is 0 Å². The summed E-state index contributed by atoms with van der Waals surface area (Å²) in [5.74, 6) is 0.612. The number of carbonyl (C=O) groups is 1. The van der Waals surface area contributed by atoms with Crippen LogP contribution in [0.5, 0.6) is 0 Å². The fraction of sp³-hybridized carbons (Fsp3) is 0.643. The van der Waals surface area contributed by atoms with Gasteiger partial charge >= 0.3 is 6.03 Å². The first-order valence-electron chi connectivity index (χ1n) is 6.72. The molecule has 108 valence electrons. The van der Waals surface area contributed by atoms with Gasteiger partial charge in [0.05, 0.1) is 6.04 Å². The van der Waals surface area contributed by atoms with Crippen LogP contribution >= 0.6 is 11.3 Å². The van der Waals surface area contributed by atoms with Gasteiger partial charge in [-0.25, -0.2) is 4.79 Å². The second-order valence-electron chi connectivity index (χ2n) is 5.31. The first-order chi connectivity index (χ1) is 9.00. The third-order valence-corrected chi connectivity index (χ3v) is 3.93. The predicted octanol–water partition coefficient (Wildman–Crippen LogP) is 2.70. The van der Waals surface area contributed by atoms with Crippen LogP contribution in [0.2, 0.25) is 0 Å². The smallest absolute Gasteiger partial charge is 0.314 e. The highest BCUT2D eigenvalue weighted by Crippen LogP contribution is 2.22. The average Bonchev–Trinajstić information content (AvgIpc) is 2.82. The quantitative estimate of drug-likeness (QED) is 0.808. The van der Waals surface area contributed by atoms with Gasteiger partial charge in [0.1, 0.15) is 0 Å². The van der Waals surface area contributed by atoms with E-state index in [1.165, 1.54) is 4.88 Å². The standard InChI is InChI=1S/C14H25N3OS/c1-11(2)7-8-15-14(18)16-10-12(17(3)4)13-6-5-9-19-13/h5-6,9,11-12H,7-8,10H2,1-4H3,(H2,15,16,18). The molecule has 0 spiro atoms. The molecule has 0 saturated heterocycles. The van der Waals surface area contributed by atoms with Crippen LogP contribution in [0.4, 0.5) is 4.79 Å². The lowest BCUT2D eigenvalue weighted by atomic mass is 10.1. The lowest BCUT2D eigenvalue weighted by Crippen LogP contribution is -2.40. The van der Waals surface area contributed by atoms with Gasteiger partial charge in [0.2, 0.25) is 0 Å². The lowest BCUT2D eigenvalue weighted by molar-refractivity contribution is 0.233. The van der Waals surface area contributed by atoms with E-state index in [0.29, 0.717) is 12.5 Å². The number of likely N-dealkylation sites (N-methyl/N-ethyl adjacent to an activating group) is 1. The van der Waals surface area contributed by atoms with Gasteiger partial charge in [0.15, 0.2) is 0 Å². The minimum Gasteiger partial charge on any atom is -0.338 e. The molecule has 19 heavy (non-hydrogen) atoms. The Labute approximate surface area is 120 Å². The van der Waals surface area contributed by atoms with Crippen molar-refractivity contribution in [2.75, 3.05) is 27.2 Å². The van der Waals surface area contributed by atoms with E-state index in [4.69, 9.17) is 0 Å². The summed E-state index contributed by atoms with van der Waals surface area (Å²) in [5.41, 5.74) is 0. The summed E-state index contributed by atoms with van der Waals surface area (Å²) in [6.07, 6.45) is 1.01. The third-order valence-electron chi connectivity index (χ3n) is 2.96. The zero-order chi connectivity index (χ0) is 14.3. The minimum atomic E-state index is -0.0796. The Morgan fingerprint density at radius 2 is 2.11 bits per heavy atom. The monoisotopic (exact) mass is 283 g/mol. The Balaban J connectivity index is 2.34. The predicted molar refractivity (Wildman–Crippen MR) is 81.6 cm³/mol. The maximum absolute atomic E-state index is 11.7. The summed E-state index contributed by atoms with van der Waals surface area (Å²) in [6.45, 7) is 5.66. The van der Waals surface area contributed by atoms with Crippen molar-refractivity contribution in [1.82, 2.24) is 15.5 Å². The molecule has 0 radical (unpaired) electrons. The van der Waals surface area contributed by atoms with Gasteiger partial charge in [0.25, 0.3) is 0 Å². The summed E-state index contributed by atoms with van der Waals surface area (Å²) in [7, 11) is 4.06. The molecule has 0 fully saturated rings. The minimum absolute atomic E-state index is 0.0796. The maximum atomic E-state index is 11.7. The van der Waals surface area contributed by atoms with Crippen molar-refractivity contribution in [1.29, 1.82) is 0 Å². The summed E-state index contributed by atoms with van der Waals surface area (Å²) in [5, 5.41) is 7.89. The molecule has 0 saturated carbocycles. The van der Waals surface area contributed by atoms with Crippen molar-refractivity contribution in [2.45, 2.75) is 26.3 Å². The van der Waals surface area contributed by atoms with Crippen LogP contribution in [0.25, 0.3) is 0 Å². The summed E-state index contributed by atoms with van der Waals surface area (Å²) < 4.78 is 0. The second-order valence-corrected chi connectivity index (χ2v) is 6.29. The van der Waals surface area contributed by atoms with E-state index in [0.717, 1.165) is 13.0 Å². The van der Waals surface area contributed by atoms with Crippen LogP contribution in [-0.4, -0.2) is 38.1 Å². The highest BCUT2D eigenvalue weighted by molar-refractivity contribution is 7.10. The van der Waals surface area contributed by atoms with E-state index in [1.807, 2.05) is 20.2 Å². The zero-order valence-electron chi connectivity index (χ0n) is 12.3. The maximum Gasteiger partial charge on any atom is 0.314 e. The van der Waals surface area contributed by atoms with Gasteiger partial charge in [-0.05, 0) is 37.9 Å². The SMILES string of the molecule is CC(C)CCNC(=O)NCC(c1cccs1)N(C)C. The average molecular weight is 283 g/mol. The molecule has 0 aromatic carbocycles. The Bertz CT molecular complexity index is 363. The lowest BCUT2D eigenvalue weighted by Gasteiger charge is -2.23. The molecule has 1 aromatic rings. The number of hydrogen-bond acceptors (Lipinski definition) is 3. The molecule has 5 heteroatoms. The van der Waals surface area contributed by atoms with E-state index in [-0.39, 0.29) is 12.1 Å². The normalized spacial score (nSPS) is 12.7.